The van der Waals surface area contributed by atoms with Crippen LogP contribution < -0.4 is 9.47 Å². The van der Waals surface area contributed by atoms with Crippen LogP contribution in [0.3, 0.4) is 0 Å². The minimum Gasteiger partial charge on any atom is -0.497 e. The Balaban J connectivity index is 1.82. The third kappa shape index (κ3) is 3.76. The SMILES string of the molecule is COc1cc(OC)cc(C2=NN(S(=O)(=O)c3ccccc3)[C@@H](c3ccccc3)C2)c1. The highest BCUT2D eigenvalue weighted by Gasteiger charge is 2.37. The molecule has 7 heteroatoms. The maximum Gasteiger partial charge on any atom is 0.279 e. The number of nitrogens with zero attached hydrogens (tertiary/aromatic N) is 2. The Morgan fingerprint density at radius 3 is 2.00 bits per heavy atom. The summed E-state index contributed by atoms with van der Waals surface area (Å²) in [7, 11) is -0.670. The highest BCUT2D eigenvalue weighted by atomic mass is 32.2. The maximum absolute atomic E-state index is 13.4. The summed E-state index contributed by atoms with van der Waals surface area (Å²) in [5.41, 5.74) is 2.30. The minimum atomic E-state index is -3.82. The van der Waals surface area contributed by atoms with Crippen LogP contribution in [0.1, 0.15) is 23.6 Å². The molecule has 0 bridgehead atoms. The second kappa shape index (κ2) is 8.20. The molecule has 3 aromatic carbocycles. The summed E-state index contributed by atoms with van der Waals surface area (Å²) in [4.78, 5) is 0.208. The fourth-order valence-electron chi connectivity index (χ4n) is 3.48. The summed E-state index contributed by atoms with van der Waals surface area (Å²) in [6.45, 7) is 0. The van der Waals surface area contributed by atoms with Gasteiger partial charge in [-0.2, -0.15) is 17.9 Å². The van der Waals surface area contributed by atoms with Crippen molar-refractivity contribution in [2.24, 2.45) is 5.10 Å². The first kappa shape index (κ1) is 20.0. The molecule has 0 amide bonds. The lowest BCUT2D eigenvalue weighted by Crippen LogP contribution is -2.27. The van der Waals surface area contributed by atoms with E-state index in [4.69, 9.17) is 9.47 Å². The van der Waals surface area contributed by atoms with Crippen LogP contribution in [0.15, 0.2) is 88.9 Å². The van der Waals surface area contributed by atoms with E-state index < -0.39 is 16.1 Å². The first-order valence-electron chi connectivity index (χ1n) is 9.48. The highest BCUT2D eigenvalue weighted by molar-refractivity contribution is 7.89. The molecule has 6 nitrogen and oxygen atoms in total. The largest absolute Gasteiger partial charge is 0.497 e. The van der Waals surface area contributed by atoms with Crippen molar-refractivity contribution in [1.29, 1.82) is 0 Å². The summed E-state index contributed by atoms with van der Waals surface area (Å²) >= 11 is 0. The van der Waals surface area contributed by atoms with Gasteiger partial charge in [0.2, 0.25) is 0 Å². The molecule has 154 valence electrons. The zero-order chi connectivity index (χ0) is 21.1. The number of hydrazone groups is 1. The van der Waals surface area contributed by atoms with E-state index in [1.54, 1.807) is 50.6 Å². The summed E-state index contributed by atoms with van der Waals surface area (Å²) in [6.07, 6.45) is 0.437. The molecule has 1 aliphatic heterocycles. The van der Waals surface area contributed by atoms with Gasteiger partial charge < -0.3 is 9.47 Å². The van der Waals surface area contributed by atoms with E-state index in [1.165, 1.54) is 4.41 Å². The second-order valence-corrected chi connectivity index (χ2v) is 8.66. The topological polar surface area (TPSA) is 68.2 Å². The van der Waals surface area contributed by atoms with Crippen molar-refractivity contribution in [2.45, 2.75) is 17.4 Å². The van der Waals surface area contributed by atoms with E-state index in [-0.39, 0.29) is 4.90 Å². The monoisotopic (exact) mass is 422 g/mol. The molecule has 0 radical (unpaired) electrons. The molecule has 0 aromatic heterocycles. The van der Waals surface area contributed by atoms with E-state index in [9.17, 15) is 8.42 Å². The van der Waals surface area contributed by atoms with Crippen LogP contribution in [0.25, 0.3) is 0 Å². The van der Waals surface area contributed by atoms with E-state index in [0.717, 1.165) is 11.1 Å². The number of ether oxygens (including phenoxy) is 2. The molecule has 1 atom stereocenters. The van der Waals surface area contributed by atoms with Gasteiger partial charge in [0.1, 0.15) is 11.5 Å². The van der Waals surface area contributed by atoms with Crippen molar-refractivity contribution in [1.82, 2.24) is 4.41 Å². The van der Waals surface area contributed by atoms with Crippen molar-refractivity contribution in [2.75, 3.05) is 14.2 Å². The van der Waals surface area contributed by atoms with E-state index in [0.29, 0.717) is 23.6 Å². The predicted octanol–water partition coefficient (Wildman–Crippen LogP) is 4.24. The molecule has 0 fully saturated rings. The van der Waals surface area contributed by atoms with Crippen molar-refractivity contribution >= 4 is 15.7 Å². The molecule has 1 heterocycles. The Morgan fingerprint density at radius 2 is 1.43 bits per heavy atom. The number of sulfonamides is 1. The van der Waals surface area contributed by atoms with E-state index in [2.05, 4.69) is 5.10 Å². The molecular formula is C23H22N2O4S. The molecule has 0 saturated heterocycles. The van der Waals surface area contributed by atoms with E-state index >= 15 is 0 Å². The van der Waals surface area contributed by atoms with Crippen LogP contribution in [-0.4, -0.2) is 32.8 Å². The van der Waals surface area contributed by atoms with E-state index in [1.807, 2.05) is 42.5 Å². The van der Waals surface area contributed by atoms with Gasteiger partial charge in [-0.3, -0.25) is 0 Å². The number of methoxy groups -OCH3 is 2. The van der Waals surface area contributed by atoms with Gasteiger partial charge in [-0.05, 0) is 29.8 Å². The fourth-order valence-corrected chi connectivity index (χ4v) is 4.94. The van der Waals surface area contributed by atoms with Crippen LogP contribution in [0.4, 0.5) is 0 Å². The van der Waals surface area contributed by atoms with Gasteiger partial charge in [-0.15, -0.1) is 0 Å². The van der Waals surface area contributed by atoms with Crippen LogP contribution in [-0.2, 0) is 10.0 Å². The quantitative estimate of drug-likeness (QED) is 0.596. The molecule has 0 saturated carbocycles. The van der Waals surface area contributed by atoms with Crippen LogP contribution in [0, 0.1) is 0 Å². The van der Waals surface area contributed by atoms with Gasteiger partial charge in [0.05, 0.1) is 30.9 Å². The Labute approximate surface area is 176 Å². The fraction of sp³-hybridized carbons (Fsp3) is 0.174. The predicted molar refractivity (Wildman–Crippen MR) is 115 cm³/mol. The van der Waals surface area contributed by atoms with Crippen molar-refractivity contribution in [3.8, 4) is 11.5 Å². The normalized spacial score (nSPS) is 16.3. The maximum atomic E-state index is 13.4. The second-order valence-electron chi connectivity index (χ2n) is 6.87. The molecule has 4 rings (SSSR count). The Hall–Kier alpha value is -3.32. The molecule has 0 unspecified atom stereocenters. The van der Waals surface area contributed by atoms with Crippen LogP contribution in [0.5, 0.6) is 11.5 Å². The van der Waals surface area contributed by atoms with Crippen molar-refractivity contribution < 1.29 is 17.9 Å². The smallest absolute Gasteiger partial charge is 0.279 e. The van der Waals surface area contributed by atoms with Crippen molar-refractivity contribution in [3.05, 3.63) is 90.0 Å². The zero-order valence-corrected chi connectivity index (χ0v) is 17.5. The third-order valence-corrected chi connectivity index (χ3v) is 6.73. The molecule has 0 aliphatic carbocycles. The summed E-state index contributed by atoms with van der Waals surface area (Å²) in [5, 5.41) is 4.57. The van der Waals surface area contributed by atoms with Gasteiger partial charge in [0, 0.05) is 18.1 Å². The average Bonchev–Trinajstić information content (AvgIpc) is 3.26. The highest BCUT2D eigenvalue weighted by Crippen LogP contribution is 2.38. The summed E-state index contributed by atoms with van der Waals surface area (Å²) in [6, 6.07) is 22.9. The number of hydrogen-bond donors (Lipinski definition) is 0. The average molecular weight is 423 g/mol. The first-order valence-corrected chi connectivity index (χ1v) is 10.9. The van der Waals surface area contributed by atoms with Gasteiger partial charge in [0.25, 0.3) is 10.0 Å². The van der Waals surface area contributed by atoms with Crippen molar-refractivity contribution in [3.63, 3.8) is 0 Å². The third-order valence-electron chi connectivity index (χ3n) is 5.03. The number of benzene rings is 3. The zero-order valence-electron chi connectivity index (χ0n) is 16.7. The minimum absolute atomic E-state index is 0.208. The molecule has 1 aliphatic rings. The molecular weight excluding hydrogens is 400 g/mol. The summed E-state index contributed by atoms with van der Waals surface area (Å²) in [5.74, 6) is 1.24. The van der Waals surface area contributed by atoms with Crippen LogP contribution >= 0.6 is 0 Å². The molecule has 30 heavy (non-hydrogen) atoms. The van der Waals surface area contributed by atoms with Gasteiger partial charge in [0.15, 0.2) is 0 Å². The van der Waals surface area contributed by atoms with Gasteiger partial charge >= 0.3 is 0 Å². The standard InChI is InChI=1S/C23H22N2O4S/c1-28-19-13-18(14-20(15-19)29-2)22-16-23(17-9-5-3-6-10-17)25(24-22)30(26,27)21-11-7-4-8-12-21/h3-15,23H,16H2,1-2H3/t23-/m1/s1. The lowest BCUT2D eigenvalue weighted by molar-refractivity contribution is 0.371. The van der Waals surface area contributed by atoms with Gasteiger partial charge in [-0.25, -0.2) is 0 Å². The number of hydrogen-bond acceptors (Lipinski definition) is 5. The Morgan fingerprint density at radius 1 is 0.867 bits per heavy atom. The van der Waals surface area contributed by atoms with Crippen LogP contribution in [0.2, 0.25) is 0 Å². The Bertz CT molecular complexity index is 1140. The molecule has 3 aromatic rings. The molecule has 0 N–H and O–H groups in total. The molecule has 0 spiro atoms. The summed E-state index contributed by atoms with van der Waals surface area (Å²) < 4.78 is 38.8. The van der Waals surface area contributed by atoms with Gasteiger partial charge in [-0.1, -0.05) is 48.5 Å². The lowest BCUT2D eigenvalue weighted by Gasteiger charge is -2.23. The lowest BCUT2D eigenvalue weighted by atomic mass is 9.99. The Kier molecular flexibility index (Phi) is 5.46. The first-order chi connectivity index (χ1) is 14.5. The number of rotatable bonds is 6.